The van der Waals surface area contributed by atoms with Gasteiger partial charge in [-0.25, -0.2) is 4.99 Å². The molecule has 1 radical (unpaired) electrons. The van der Waals surface area contributed by atoms with Gasteiger partial charge in [-0.3, -0.25) is 0 Å². The van der Waals surface area contributed by atoms with Gasteiger partial charge < -0.3 is 0 Å². The highest BCUT2D eigenvalue weighted by Crippen LogP contribution is 2.26. The van der Waals surface area contributed by atoms with Crippen LogP contribution in [-0.2, 0) is 0 Å². The number of hydrogen-bond donors (Lipinski definition) is 1. The lowest BCUT2D eigenvalue weighted by atomic mass is 10.8. The van der Waals surface area contributed by atoms with Gasteiger partial charge in [-0.2, -0.15) is 10.9 Å². The molecule has 0 saturated heterocycles. The van der Waals surface area contributed by atoms with Crippen LogP contribution in [0.1, 0.15) is 0 Å². The molecule has 0 aromatic carbocycles. The van der Waals surface area contributed by atoms with E-state index in [9.17, 15) is 0 Å². The molecule has 0 aromatic heterocycles. The SMILES string of the molecule is C=CC[SH]1[C]=NC=C1. The summed E-state index contributed by atoms with van der Waals surface area (Å²) in [5, 5.41) is 2.08. The molecule has 0 fully saturated rings. The molecule has 1 aliphatic rings. The molecular formula is C6H8NS. The van der Waals surface area contributed by atoms with Gasteiger partial charge in [0.05, 0.1) is 0 Å². The van der Waals surface area contributed by atoms with Crippen molar-refractivity contribution in [3.8, 4) is 0 Å². The van der Waals surface area contributed by atoms with Crippen LogP contribution in [0.3, 0.4) is 0 Å². The number of rotatable bonds is 2. The van der Waals surface area contributed by atoms with Crippen molar-refractivity contribution in [2.24, 2.45) is 4.99 Å². The zero-order valence-electron chi connectivity index (χ0n) is 4.54. The Kier molecular flexibility index (Phi) is 1.92. The third-order valence-electron chi connectivity index (χ3n) is 0.833. The van der Waals surface area contributed by atoms with Gasteiger partial charge in [-0.1, -0.05) is 6.08 Å². The summed E-state index contributed by atoms with van der Waals surface area (Å²) >= 11 is 0. The first-order valence-corrected chi connectivity index (χ1v) is 4.03. The van der Waals surface area contributed by atoms with Crippen molar-refractivity contribution in [1.29, 1.82) is 0 Å². The molecule has 43 valence electrons. The zero-order chi connectivity index (χ0) is 5.82. The van der Waals surface area contributed by atoms with Gasteiger partial charge in [0.15, 0.2) is 0 Å². The van der Waals surface area contributed by atoms with Crippen molar-refractivity contribution in [3.05, 3.63) is 24.3 Å². The van der Waals surface area contributed by atoms with Crippen molar-refractivity contribution in [2.45, 2.75) is 0 Å². The van der Waals surface area contributed by atoms with E-state index in [0.717, 1.165) is 5.75 Å². The predicted molar refractivity (Wildman–Crippen MR) is 40.6 cm³/mol. The number of nitrogens with zero attached hydrogens (tertiary/aromatic N) is 1. The fourth-order valence-corrected chi connectivity index (χ4v) is 1.49. The van der Waals surface area contributed by atoms with Crippen molar-refractivity contribution < 1.29 is 0 Å². The third-order valence-corrected chi connectivity index (χ3v) is 2.35. The van der Waals surface area contributed by atoms with Gasteiger partial charge >= 0.3 is 0 Å². The fourth-order valence-electron chi connectivity index (χ4n) is 0.495. The molecule has 1 nitrogen and oxygen atoms in total. The summed E-state index contributed by atoms with van der Waals surface area (Å²) in [6.45, 7) is 3.62. The largest absolute Gasteiger partial charge is 0.248 e. The van der Waals surface area contributed by atoms with Crippen LogP contribution in [0.5, 0.6) is 0 Å². The number of hydrogen-bond acceptors (Lipinski definition) is 1. The summed E-state index contributed by atoms with van der Waals surface area (Å²) < 4.78 is 0. The van der Waals surface area contributed by atoms with E-state index in [1.54, 1.807) is 6.20 Å². The second kappa shape index (κ2) is 2.72. The Balaban J connectivity index is 2.37. The number of aliphatic imine (C=N–C) groups is 1. The predicted octanol–water partition coefficient (Wildman–Crippen LogP) is 1.56. The highest BCUT2D eigenvalue weighted by molar-refractivity contribution is 8.31. The molecule has 0 N–H and O–H groups in total. The highest BCUT2D eigenvalue weighted by Gasteiger charge is 1.95. The highest BCUT2D eigenvalue weighted by atomic mass is 32.2. The molecule has 0 amide bonds. The molecule has 2 heteroatoms. The lowest BCUT2D eigenvalue weighted by molar-refractivity contribution is 1.65. The van der Waals surface area contributed by atoms with Crippen molar-refractivity contribution in [3.63, 3.8) is 0 Å². The fraction of sp³-hybridized carbons (Fsp3) is 0.167. The summed E-state index contributed by atoms with van der Waals surface area (Å²) in [6, 6.07) is 0. The molecule has 0 bridgehead atoms. The summed E-state index contributed by atoms with van der Waals surface area (Å²) in [4.78, 5) is 3.83. The normalized spacial score (nSPS) is 28.8. The Bertz CT molecular complexity index is 125. The zero-order valence-corrected chi connectivity index (χ0v) is 5.44. The van der Waals surface area contributed by atoms with Crippen LogP contribution in [-0.4, -0.2) is 11.3 Å². The minimum absolute atomic E-state index is 0.160. The molecule has 1 aliphatic heterocycles. The third kappa shape index (κ3) is 1.23. The van der Waals surface area contributed by atoms with Gasteiger partial charge in [0.1, 0.15) is 5.55 Å². The maximum atomic E-state index is 3.83. The van der Waals surface area contributed by atoms with E-state index in [1.807, 2.05) is 6.08 Å². The van der Waals surface area contributed by atoms with E-state index in [-0.39, 0.29) is 10.9 Å². The maximum absolute atomic E-state index is 3.83. The van der Waals surface area contributed by atoms with Crippen LogP contribution in [0.2, 0.25) is 0 Å². The van der Waals surface area contributed by atoms with Gasteiger partial charge in [0.25, 0.3) is 0 Å². The van der Waals surface area contributed by atoms with E-state index < -0.39 is 0 Å². The van der Waals surface area contributed by atoms with Gasteiger partial charge in [-0.05, 0) is 5.41 Å². The van der Waals surface area contributed by atoms with E-state index in [4.69, 9.17) is 0 Å². The molecule has 1 rings (SSSR count). The van der Waals surface area contributed by atoms with Crippen LogP contribution < -0.4 is 0 Å². The Labute approximate surface area is 52.2 Å². The van der Waals surface area contributed by atoms with E-state index >= 15 is 0 Å². The average molecular weight is 126 g/mol. The summed E-state index contributed by atoms with van der Waals surface area (Å²) in [5.74, 6) is 1.02. The van der Waals surface area contributed by atoms with Gasteiger partial charge in [-0.15, -0.1) is 6.58 Å². The lowest BCUT2D eigenvalue weighted by Gasteiger charge is -1.99. The Hall–Kier alpha value is -0.500. The van der Waals surface area contributed by atoms with Gasteiger partial charge in [0.2, 0.25) is 0 Å². The molecule has 1 unspecified atom stereocenters. The molecule has 0 saturated carbocycles. The molecule has 1 heterocycles. The van der Waals surface area contributed by atoms with Crippen molar-refractivity contribution >= 4 is 16.4 Å². The first-order chi connectivity index (χ1) is 3.93. The van der Waals surface area contributed by atoms with Crippen LogP contribution in [0.4, 0.5) is 0 Å². The minimum atomic E-state index is -0.160. The van der Waals surface area contributed by atoms with Crippen LogP contribution >= 0.6 is 10.9 Å². The Morgan fingerprint density at radius 1 is 1.88 bits per heavy atom. The Morgan fingerprint density at radius 3 is 3.25 bits per heavy atom. The lowest BCUT2D eigenvalue weighted by Crippen LogP contribution is -1.76. The van der Waals surface area contributed by atoms with E-state index in [1.165, 1.54) is 0 Å². The maximum Gasteiger partial charge on any atom is 0.111 e. The summed E-state index contributed by atoms with van der Waals surface area (Å²) in [6.07, 6.45) is 3.71. The van der Waals surface area contributed by atoms with Gasteiger partial charge in [0, 0.05) is 12.0 Å². The standard InChI is InChI=1S/C6H8NS/c1-2-4-8-5-3-7-6-8/h2-3,5,8H,1,4H2. The molecule has 0 spiro atoms. The second-order valence-corrected chi connectivity index (χ2v) is 3.27. The van der Waals surface area contributed by atoms with Crippen LogP contribution in [0.15, 0.2) is 29.3 Å². The quantitative estimate of drug-likeness (QED) is 0.426. The smallest absolute Gasteiger partial charge is 0.111 e. The molecule has 1 atom stereocenters. The molecule has 0 aliphatic carbocycles. The van der Waals surface area contributed by atoms with Crippen LogP contribution in [0, 0.1) is 0 Å². The first kappa shape index (κ1) is 5.63. The monoisotopic (exact) mass is 126 g/mol. The topological polar surface area (TPSA) is 12.4 Å². The summed E-state index contributed by atoms with van der Waals surface area (Å²) in [7, 11) is -0.160. The molecule has 0 aromatic rings. The second-order valence-electron chi connectivity index (χ2n) is 1.47. The summed E-state index contributed by atoms with van der Waals surface area (Å²) in [5.41, 5.74) is 2.96. The van der Waals surface area contributed by atoms with Crippen molar-refractivity contribution in [2.75, 3.05) is 5.75 Å². The van der Waals surface area contributed by atoms with E-state index in [2.05, 4.69) is 22.5 Å². The minimum Gasteiger partial charge on any atom is -0.248 e. The molecule has 8 heavy (non-hydrogen) atoms. The number of thiol groups is 1. The average Bonchev–Trinajstić information content (AvgIpc) is 2.19. The van der Waals surface area contributed by atoms with E-state index in [0.29, 0.717) is 0 Å². The first-order valence-electron chi connectivity index (χ1n) is 2.43. The Morgan fingerprint density at radius 2 is 2.75 bits per heavy atom. The van der Waals surface area contributed by atoms with Crippen LogP contribution in [0.25, 0.3) is 0 Å². The molecular weight excluding hydrogens is 118 g/mol. The van der Waals surface area contributed by atoms with Crippen molar-refractivity contribution in [1.82, 2.24) is 0 Å².